The van der Waals surface area contributed by atoms with E-state index in [9.17, 15) is 18.4 Å². The van der Waals surface area contributed by atoms with Crippen LogP contribution in [0.15, 0.2) is 47.1 Å². The van der Waals surface area contributed by atoms with E-state index in [2.05, 4.69) is 20.4 Å². The number of anilines is 2. The van der Waals surface area contributed by atoms with Crippen LogP contribution in [0.5, 0.6) is 5.75 Å². The second-order valence-electron chi connectivity index (χ2n) is 7.28. The number of nitrogens with one attached hydrogen (secondary N) is 2. The molecule has 4 rings (SSSR count). The molecule has 0 saturated carbocycles. The lowest BCUT2D eigenvalue weighted by Crippen LogP contribution is -2.13. The van der Waals surface area contributed by atoms with Gasteiger partial charge in [-0.1, -0.05) is 23.2 Å². The van der Waals surface area contributed by atoms with Gasteiger partial charge in [-0.3, -0.25) is 14.6 Å². The molecule has 2 amide bonds. The van der Waals surface area contributed by atoms with Crippen molar-refractivity contribution >= 4 is 79.9 Å². The van der Waals surface area contributed by atoms with Crippen LogP contribution in [0.3, 0.4) is 0 Å². The van der Waals surface area contributed by atoms with Crippen molar-refractivity contribution in [3.63, 3.8) is 0 Å². The molecule has 2 N–H and O–H groups in total. The SMILES string of the molecule is O=C(CCCCl)Nc1ccc2oc3c(OC(F)F)ccc(C(=O)Nc4c(Cl)cncc4Cl)c3c2c1. The number of aromatic nitrogens is 1. The topological polar surface area (TPSA) is 93.5 Å². The van der Waals surface area contributed by atoms with Gasteiger partial charge in [-0.25, -0.2) is 0 Å². The lowest BCUT2D eigenvalue weighted by Gasteiger charge is -2.11. The summed E-state index contributed by atoms with van der Waals surface area (Å²) in [6.45, 7) is -3.11. The Balaban J connectivity index is 1.83. The van der Waals surface area contributed by atoms with Crippen LogP contribution in [0.1, 0.15) is 23.2 Å². The number of benzene rings is 2. The summed E-state index contributed by atoms with van der Waals surface area (Å²) in [4.78, 5) is 29.2. The van der Waals surface area contributed by atoms with Crippen molar-refractivity contribution in [2.24, 2.45) is 0 Å². The Labute approximate surface area is 212 Å². The number of nitrogens with zero attached hydrogens (tertiary/aromatic N) is 1. The molecule has 2 heterocycles. The molecule has 2 aromatic carbocycles. The zero-order valence-corrected chi connectivity index (χ0v) is 20.0. The molecule has 4 aromatic rings. The second kappa shape index (κ2) is 10.6. The fourth-order valence-corrected chi connectivity index (χ4v) is 4.07. The quantitative estimate of drug-likeness (QED) is 0.232. The molecule has 0 bridgehead atoms. The zero-order valence-electron chi connectivity index (χ0n) is 17.7. The number of rotatable bonds is 8. The first-order valence-electron chi connectivity index (χ1n) is 10.2. The predicted molar refractivity (Wildman–Crippen MR) is 131 cm³/mol. The van der Waals surface area contributed by atoms with Gasteiger partial charge in [-0.15, -0.1) is 11.6 Å². The van der Waals surface area contributed by atoms with Crippen LogP contribution < -0.4 is 15.4 Å². The van der Waals surface area contributed by atoms with Crippen molar-refractivity contribution in [2.75, 3.05) is 16.5 Å². The van der Waals surface area contributed by atoms with Gasteiger partial charge in [0.2, 0.25) is 5.91 Å². The summed E-state index contributed by atoms with van der Waals surface area (Å²) >= 11 is 17.9. The Morgan fingerprint density at radius 3 is 2.51 bits per heavy atom. The van der Waals surface area contributed by atoms with Gasteiger partial charge in [0.15, 0.2) is 11.3 Å². The van der Waals surface area contributed by atoms with Crippen LogP contribution in [0.4, 0.5) is 20.2 Å². The summed E-state index contributed by atoms with van der Waals surface area (Å²) in [6, 6.07) is 7.24. The maximum atomic E-state index is 13.2. The average molecular weight is 543 g/mol. The van der Waals surface area contributed by atoms with E-state index in [4.69, 9.17) is 39.2 Å². The Hall–Kier alpha value is -3.14. The molecule has 0 saturated heterocycles. The largest absolute Gasteiger partial charge is 0.452 e. The van der Waals surface area contributed by atoms with Crippen molar-refractivity contribution in [3.05, 3.63) is 58.3 Å². The van der Waals surface area contributed by atoms with Crippen LogP contribution in [0.2, 0.25) is 10.0 Å². The van der Waals surface area contributed by atoms with Crippen LogP contribution in [-0.4, -0.2) is 29.3 Å². The van der Waals surface area contributed by atoms with Gasteiger partial charge in [-0.05, 0) is 36.8 Å². The second-order valence-corrected chi connectivity index (χ2v) is 8.47. The van der Waals surface area contributed by atoms with E-state index in [0.29, 0.717) is 23.4 Å². The maximum absolute atomic E-state index is 13.2. The summed E-state index contributed by atoms with van der Waals surface area (Å²) < 4.78 is 36.4. The molecule has 0 spiro atoms. The average Bonchev–Trinajstić information content (AvgIpc) is 3.19. The van der Waals surface area contributed by atoms with Crippen molar-refractivity contribution in [3.8, 4) is 5.75 Å². The molecule has 182 valence electrons. The highest BCUT2D eigenvalue weighted by molar-refractivity contribution is 6.40. The Bertz CT molecular complexity index is 1410. The van der Waals surface area contributed by atoms with Gasteiger partial charge in [0.25, 0.3) is 5.91 Å². The predicted octanol–water partition coefficient (Wildman–Crippen LogP) is 7.10. The van der Waals surface area contributed by atoms with E-state index < -0.39 is 12.5 Å². The van der Waals surface area contributed by atoms with Crippen molar-refractivity contribution in [1.29, 1.82) is 0 Å². The van der Waals surface area contributed by atoms with Gasteiger partial charge < -0.3 is 19.8 Å². The molecule has 35 heavy (non-hydrogen) atoms. The van der Waals surface area contributed by atoms with Gasteiger partial charge in [0.05, 0.1) is 21.3 Å². The molecule has 0 aliphatic rings. The van der Waals surface area contributed by atoms with Crippen LogP contribution in [-0.2, 0) is 4.79 Å². The lowest BCUT2D eigenvalue weighted by molar-refractivity contribution is -0.116. The lowest BCUT2D eigenvalue weighted by atomic mass is 10.0. The number of halogens is 5. The summed E-state index contributed by atoms with van der Waals surface area (Å²) in [6.07, 6.45) is 3.35. The Morgan fingerprint density at radius 1 is 1.09 bits per heavy atom. The summed E-state index contributed by atoms with van der Waals surface area (Å²) in [5, 5.41) is 6.17. The van der Waals surface area contributed by atoms with Gasteiger partial charge in [0.1, 0.15) is 5.58 Å². The van der Waals surface area contributed by atoms with Crippen molar-refractivity contribution in [1.82, 2.24) is 4.98 Å². The molecule has 0 fully saturated rings. The third kappa shape index (κ3) is 5.42. The summed E-state index contributed by atoms with van der Waals surface area (Å²) in [5.41, 5.74) is 0.861. The number of furan rings is 1. The van der Waals surface area contributed by atoms with E-state index in [0.717, 1.165) is 0 Å². The third-order valence-corrected chi connectivity index (χ3v) is 5.80. The number of pyridine rings is 1. The normalized spacial score (nSPS) is 11.3. The third-order valence-electron chi connectivity index (χ3n) is 4.96. The number of carbonyl (C=O) groups is 2. The first kappa shape index (κ1) is 25.0. The first-order valence-corrected chi connectivity index (χ1v) is 11.5. The van der Waals surface area contributed by atoms with E-state index in [1.54, 1.807) is 18.2 Å². The van der Waals surface area contributed by atoms with Gasteiger partial charge in [-0.2, -0.15) is 8.78 Å². The van der Waals surface area contributed by atoms with Gasteiger partial charge in [0, 0.05) is 41.2 Å². The minimum absolute atomic E-state index is 0.0644. The molecular formula is C23H16Cl3F2N3O4. The standard InChI is InChI=1S/C23H16Cl3F2N3O4/c24-7-1-2-18(32)30-11-3-5-16-13(8-11)19-12(4-6-17(21(19)34-16)35-23(27)28)22(33)31-20-14(25)9-29-10-15(20)26/h3-6,8-10,23H,1-2,7H2,(H,30,32)(H,29,31,33). The minimum atomic E-state index is -3.11. The zero-order chi connectivity index (χ0) is 25.1. The molecule has 12 heteroatoms. The fourth-order valence-electron chi connectivity index (χ4n) is 3.47. The van der Waals surface area contributed by atoms with Crippen LogP contribution >= 0.6 is 34.8 Å². The highest BCUT2D eigenvalue weighted by Gasteiger charge is 2.23. The van der Waals surface area contributed by atoms with Crippen LogP contribution in [0.25, 0.3) is 21.9 Å². The van der Waals surface area contributed by atoms with Crippen LogP contribution in [0, 0.1) is 0 Å². The highest BCUT2D eigenvalue weighted by atomic mass is 35.5. The first-order chi connectivity index (χ1) is 16.8. The summed E-state index contributed by atoms with van der Waals surface area (Å²) in [7, 11) is 0. The van der Waals surface area contributed by atoms with Crippen molar-refractivity contribution in [2.45, 2.75) is 19.5 Å². The molecule has 0 atom stereocenters. The molecule has 7 nitrogen and oxygen atoms in total. The smallest absolute Gasteiger partial charge is 0.387 e. The molecular weight excluding hydrogens is 527 g/mol. The maximum Gasteiger partial charge on any atom is 0.387 e. The Kier molecular flexibility index (Phi) is 7.59. The number of ether oxygens (including phenoxy) is 1. The molecule has 0 radical (unpaired) electrons. The Morgan fingerprint density at radius 2 is 1.83 bits per heavy atom. The minimum Gasteiger partial charge on any atom is -0.452 e. The van der Waals surface area contributed by atoms with Crippen molar-refractivity contribution < 1.29 is 27.5 Å². The highest BCUT2D eigenvalue weighted by Crippen LogP contribution is 2.39. The van der Waals surface area contributed by atoms with Gasteiger partial charge >= 0.3 is 6.61 Å². The number of amides is 2. The molecule has 2 aromatic heterocycles. The number of carbonyl (C=O) groups excluding carboxylic acids is 2. The fraction of sp³-hybridized carbons (Fsp3) is 0.174. The summed E-state index contributed by atoms with van der Waals surface area (Å²) in [5.74, 6) is -0.793. The number of fused-ring (bicyclic) bond motifs is 3. The molecule has 0 unspecified atom stereocenters. The van der Waals surface area contributed by atoms with E-state index in [-0.39, 0.29) is 55.9 Å². The monoisotopic (exact) mass is 541 g/mol. The number of hydrogen-bond donors (Lipinski definition) is 2. The number of alkyl halides is 3. The van der Waals surface area contributed by atoms with E-state index in [1.807, 2.05) is 0 Å². The number of hydrogen-bond acceptors (Lipinski definition) is 5. The van der Waals surface area contributed by atoms with E-state index in [1.165, 1.54) is 24.5 Å². The molecule has 0 aliphatic carbocycles. The molecule has 0 aliphatic heterocycles. The van der Waals surface area contributed by atoms with E-state index >= 15 is 0 Å².